The molecule has 0 aliphatic carbocycles. The van der Waals surface area contributed by atoms with Gasteiger partial charge in [0, 0.05) is 25.0 Å². The van der Waals surface area contributed by atoms with Gasteiger partial charge in [-0.3, -0.25) is 9.78 Å². The van der Waals surface area contributed by atoms with Crippen LogP contribution in [0.25, 0.3) is 0 Å². The van der Waals surface area contributed by atoms with Crippen LogP contribution in [0, 0.1) is 0 Å². The predicted molar refractivity (Wildman–Crippen MR) is 84.6 cm³/mol. The largest absolute Gasteiger partial charge is 0.467 e. The van der Waals surface area contributed by atoms with Crippen LogP contribution in [-0.2, 0) is 6.54 Å². The standard InChI is InChI=1S/C17H21N3O2/c21-17(20-9-3-1-2-4-10-20)16-12-14(7-8-18-16)19-13-15-6-5-11-22-15/h5-8,11-12H,1-4,9-10,13H2,(H,18,19). The summed E-state index contributed by atoms with van der Waals surface area (Å²) >= 11 is 0. The molecule has 22 heavy (non-hydrogen) atoms. The second-order valence-electron chi connectivity index (χ2n) is 5.57. The molecule has 5 heteroatoms. The molecule has 2 aromatic rings. The number of carbonyl (C=O) groups excluding carboxylic acids is 1. The maximum atomic E-state index is 12.6. The number of furan rings is 1. The lowest BCUT2D eigenvalue weighted by molar-refractivity contribution is 0.0756. The van der Waals surface area contributed by atoms with E-state index in [0.29, 0.717) is 12.2 Å². The van der Waals surface area contributed by atoms with Gasteiger partial charge < -0.3 is 14.6 Å². The third-order valence-electron chi connectivity index (χ3n) is 3.92. The van der Waals surface area contributed by atoms with E-state index in [1.165, 1.54) is 12.8 Å². The lowest BCUT2D eigenvalue weighted by Gasteiger charge is -2.20. The van der Waals surface area contributed by atoms with E-state index in [1.807, 2.05) is 29.2 Å². The Bertz CT molecular complexity index is 602. The molecule has 1 saturated heterocycles. The van der Waals surface area contributed by atoms with Crippen molar-refractivity contribution in [2.24, 2.45) is 0 Å². The molecule has 0 saturated carbocycles. The van der Waals surface area contributed by atoms with Gasteiger partial charge in [0.1, 0.15) is 11.5 Å². The van der Waals surface area contributed by atoms with Crippen LogP contribution in [0.4, 0.5) is 5.69 Å². The fraction of sp³-hybridized carbons (Fsp3) is 0.412. The minimum Gasteiger partial charge on any atom is -0.467 e. The molecule has 1 N–H and O–H groups in total. The fourth-order valence-corrected chi connectivity index (χ4v) is 2.70. The number of likely N-dealkylation sites (tertiary alicyclic amines) is 1. The molecule has 5 nitrogen and oxygen atoms in total. The minimum absolute atomic E-state index is 0.0311. The molecule has 0 atom stereocenters. The highest BCUT2D eigenvalue weighted by Gasteiger charge is 2.18. The van der Waals surface area contributed by atoms with Crippen molar-refractivity contribution in [2.75, 3.05) is 18.4 Å². The van der Waals surface area contributed by atoms with Crippen LogP contribution in [-0.4, -0.2) is 28.9 Å². The van der Waals surface area contributed by atoms with Crippen LogP contribution in [0.3, 0.4) is 0 Å². The van der Waals surface area contributed by atoms with Gasteiger partial charge in [-0.25, -0.2) is 0 Å². The van der Waals surface area contributed by atoms with Gasteiger partial charge in [-0.05, 0) is 37.1 Å². The molecule has 1 aliphatic rings. The van der Waals surface area contributed by atoms with Crippen molar-refractivity contribution >= 4 is 11.6 Å². The molecule has 0 spiro atoms. The van der Waals surface area contributed by atoms with Gasteiger partial charge in [-0.1, -0.05) is 12.8 Å². The van der Waals surface area contributed by atoms with E-state index in [9.17, 15) is 4.79 Å². The van der Waals surface area contributed by atoms with Crippen molar-refractivity contribution in [3.63, 3.8) is 0 Å². The molecule has 3 heterocycles. The molecule has 3 rings (SSSR count). The number of amides is 1. The normalized spacial score (nSPS) is 15.4. The zero-order valence-electron chi connectivity index (χ0n) is 12.6. The van der Waals surface area contributed by atoms with Gasteiger partial charge in [-0.15, -0.1) is 0 Å². The van der Waals surface area contributed by atoms with Crippen LogP contribution < -0.4 is 5.32 Å². The molecule has 1 aliphatic heterocycles. The Morgan fingerprint density at radius 1 is 1.23 bits per heavy atom. The van der Waals surface area contributed by atoms with Crippen molar-refractivity contribution in [1.29, 1.82) is 0 Å². The van der Waals surface area contributed by atoms with E-state index in [0.717, 1.165) is 37.4 Å². The van der Waals surface area contributed by atoms with Crippen molar-refractivity contribution in [2.45, 2.75) is 32.2 Å². The molecule has 0 unspecified atom stereocenters. The van der Waals surface area contributed by atoms with Gasteiger partial charge >= 0.3 is 0 Å². The summed E-state index contributed by atoms with van der Waals surface area (Å²) in [6, 6.07) is 7.45. The number of hydrogen-bond donors (Lipinski definition) is 1. The molecule has 1 amide bonds. The van der Waals surface area contributed by atoms with Gasteiger partial charge in [0.05, 0.1) is 12.8 Å². The Hall–Kier alpha value is -2.30. The third kappa shape index (κ3) is 3.67. The number of aromatic nitrogens is 1. The van der Waals surface area contributed by atoms with Crippen LogP contribution in [0.1, 0.15) is 41.9 Å². The van der Waals surface area contributed by atoms with Crippen LogP contribution in [0.5, 0.6) is 0 Å². The summed E-state index contributed by atoms with van der Waals surface area (Å²) < 4.78 is 5.29. The summed E-state index contributed by atoms with van der Waals surface area (Å²) in [6.07, 6.45) is 7.92. The highest BCUT2D eigenvalue weighted by Crippen LogP contribution is 2.15. The van der Waals surface area contributed by atoms with Crippen molar-refractivity contribution < 1.29 is 9.21 Å². The zero-order valence-corrected chi connectivity index (χ0v) is 12.6. The Balaban J connectivity index is 1.65. The lowest BCUT2D eigenvalue weighted by Crippen LogP contribution is -2.32. The number of hydrogen-bond acceptors (Lipinski definition) is 4. The summed E-state index contributed by atoms with van der Waals surface area (Å²) in [4.78, 5) is 18.7. The number of carbonyl (C=O) groups is 1. The molecule has 0 bridgehead atoms. The Morgan fingerprint density at radius 3 is 2.77 bits per heavy atom. The molecular weight excluding hydrogens is 278 g/mol. The van der Waals surface area contributed by atoms with Gasteiger partial charge in [0.25, 0.3) is 5.91 Å². The molecule has 2 aromatic heterocycles. The number of pyridine rings is 1. The topological polar surface area (TPSA) is 58.4 Å². The van der Waals surface area contributed by atoms with Gasteiger partial charge in [-0.2, -0.15) is 0 Å². The van der Waals surface area contributed by atoms with Gasteiger partial charge in [0.15, 0.2) is 0 Å². The first-order valence-electron chi connectivity index (χ1n) is 7.84. The summed E-state index contributed by atoms with van der Waals surface area (Å²) in [5.41, 5.74) is 1.39. The maximum Gasteiger partial charge on any atom is 0.272 e. The number of anilines is 1. The van der Waals surface area contributed by atoms with Crippen molar-refractivity contribution in [3.05, 3.63) is 48.2 Å². The third-order valence-corrected chi connectivity index (χ3v) is 3.92. The average Bonchev–Trinajstić information content (AvgIpc) is 2.93. The Labute approximate surface area is 130 Å². The maximum absolute atomic E-state index is 12.6. The smallest absolute Gasteiger partial charge is 0.272 e. The van der Waals surface area contributed by atoms with E-state index < -0.39 is 0 Å². The lowest BCUT2D eigenvalue weighted by atomic mass is 10.2. The Kier molecular flexibility index (Phi) is 4.73. The van der Waals surface area contributed by atoms with Crippen LogP contribution in [0.15, 0.2) is 41.1 Å². The minimum atomic E-state index is 0.0311. The number of nitrogens with zero attached hydrogens (tertiary/aromatic N) is 2. The highest BCUT2D eigenvalue weighted by atomic mass is 16.3. The highest BCUT2D eigenvalue weighted by molar-refractivity contribution is 5.93. The average molecular weight is 299 g/mol. The molecule has 0 radical (unpaired) electrons. The first kappa shape index (κ1) is 14.6. The van der Waals surface area contributed by atoms with E-state index in [-0.39, 0.29) is 5.91 Å². The van der Waals surface area contributed by atoms with Crippen molar-refractivity contribution in [3.8, 4) is 0 Å². The molecule has 0 aromatic carbocycles. The van der Waals surface area contributed by atoms with Gasteiger partial charge in [0.2, 0.25) is 0 Å². The SMILES string of the molecule is O=C(c1cc(NCc2ccco2)ccn1)N1CCCCCC1. The van der Waals surface area contributed by atoms with E-state index in [4.69, 9.17) is 4.42 Å². The molecule has 116 valence electrons. The van der Waals surface area contributed by atoms with Crippen LogP contribution in [0.2, 0.25) is 0 Å². The quantitative estimate of drug-likeness (QED) is 0.941. The van der Waals surface area contributed by atoms with E-state index >= 15 is 0 Å². The van der Waals surface area contributed by atoms with E-state index in [1.54, 1.807) is 12.5 Å². The predicted octanol–water partition coefficient (Wildman–Crippen LogP) is 3.30. The second kappa shape index (κ2) is 7.11. The first-order chi connectivity index (χ1) is 10.8. The molecule has 1 fully saturated rings. The Morgan fingerprint density at radius 2 is 2.05 bits per heavy atom. The zero-order chi connectivity index (χ0) is 15.2. The molecular formula is C17H21N3O2. The monoisotopic (exact) mass is 299 g/mol. The first-order valence-corrected chi connectivity index (χ1v) is 7.84. The number of nitrogens with one attached hydrogen (secondary N) is 1. The number of rotatable bonds is 4. The summed E-state index contributed by atoms with van der Waals surface area (Å²) in [5, 5.41) is 3.25. The summed E-state index contributed by atoms with van der Waals surface area (Å²) in [5.74, 6) is 0.890. The fourth-order valence-electron chi connectivity index (χ4n) is 2.70. The van der Waals surface area contributed by atoms with Crippen LogP contribution >= 0.6 is 0 Å². The summed E-state index contributed by atoms with van der Waals surface area (Å²) in [6.45, 7) is 2.27. The second-order valence-corrected chi connectivity index (χ2v) is 5.57. The summed E-state index contributed by atoms with van der Waals surface area (Å²) in [7, 11) is 0. The van der Waals surface area contributed by atoms with E-state index in [2.05, 4.69) is 10.3 Å². The van der Waals surface area contributed by atoms with Crippen molar-refractivity contribution in [1.82, 2.24) is 9.88 Å².